The Bertz CT molecular complexity index is 632. The van der Waals surface area contributed by atoms with Gasteiger partial charge in [0.25, 0.3) is 0 Å². The maximum atomic E-state index is 11.8. The fourth-order valence-corrected chi connectivity index (χ4v) is 3.81. The highest BCUT2D eigenvalue weighted by molar-refractivity contribution is 6.42. The number of halogens is 2. The molecule has 0 aliphatic carbocycles. The minimum Gasteiger partial charge on any atom is -0.340 e. The van der Waals surface area contributed by atoms with Crippen molar-refractivity contribution < 1.29 is 4.79 Å². The van der Waals surface area contributed by atoms with E-state index >= 15 is 0 Å². The summed E-state index contributed by atoms with van der Waals surface area (Å²) in [6, 6.07) is 6.78. The Kier molecular flexibility index (Phi) is 5.00. The summed E-state index contributed by atoms with van der Waals surface area (Å²) in [7, 11) is 0. The van der Waals surface area contributed by atoms with Gasteiger partial charge in [0, 0.05) is 38.1 Å². The highest BCUT2D eigenvalue weighted by atomic mass is 35.5. The zero-order valence-electron chi connectivity index (χ0n) is 13.6. The molecule has 4 rings (SSSR count). The molecule has 3 nitrogen and oxygen atoms in total. The van der Waals surface area contributed by atoms with E-state index in [0.717, 1.165) is 25.2 Å². The van der Waals surface area contributed by atoms with E-state index in [1.807, 2.05) is 30.0 Å². The first-order valence-corrected chi connectivity index (χ1v) is 8.91. The molecule has 2 atom stereocenters. The average Bonchev–Trinajstić information content (AvgIpc) is 2.56. The summed E-state index contributed by atoms with van der Waals surface area (Å²) >= 11 is 12.1. The van der Waals surface area contributed by atoms with Crippen LogP contribution in [0.3, 0.4) is 0 Å². The number of fused-ring (bicyclic) bond motifs is 2. The van der Waals surface area contributed by atoms with Crippen LogP contribution in [0.25, 0.3) is 5.57 Å². The SMILES string of the molecule is CCC(=O)N1CC2CC(C1)N2C/C=C(\C)c1ccc(Cl)c(Cl)c1. The van der Waals surface area contributed by atoms with E-state index in [9.17, 15) is 4.79 Å². The molecule has 3 aliphatic rings. The van der Waals surface area contributed by atoms with Crippen molar-refractivity contribution >= 4 is 34.7 Å². The molecular formula is C18H22Cl2N2O. The Hall–Kier alpha value is -1.03. The predicted molar refractivity (Wildman–Crippen MR) is 95.9 cm³/mol. The molecule has 2 bridgehead atoms. The van der Waals surface area contributed by atoms with Crippen LogP contribution < -0.4 is 0 Å². The summed E-state index contributed by atoms with van der Waals surface area (Å²) in [5, 5.41) is 1.17. The minimum absolute atomic E-state index is 0.280. The summed E-state index contributed by atoms with van der Waals surface area (Å²) < 4.78 is 0. The van der Waals surface area contributed by atoms with Gasteiger partial charge in [0.05, 0.1) is 10.0 Å². The van der Waals surface area contributed by atoms with E-state index in [0.29, 0.717) is 28.5 Å². The number of carbonyl (C=O) groups excluding carboxylic acids is 1. The van der Waals surface area contributed by atoms with Gasteiger partial charge in [-0.1, -0.05) is 42.3 Å². The second-order valence-corrected chi connectivity index (χ2v) is 7.22. The molecule has 0 N–H and O–H groups in total. The summed E-state index contributed by atoms with van der Waals surface area (Å²) in [5.74, 6) is 0.280. The second-order valence-electron chi connectivity index (χ2n) is 6.41. The van der Waals surface area contributed by atoms with Gasteiger partial charge in [-0.05, 0) is 36.6 Å². The van der Waals surface area contributed by atoms with E-state index in [4.69, 9.17) is 23.2 Å². The number of nitrogens with zero attached hydrogens (tertiary/aromatic N) is 2. The van der Waals surface area contributed by atoms with Crippen molar-refractivity contribution in [1.29, 1.82) is 0 Å². The zero-order chi connectivity index (χ0) is 16.6. The largest absolute Gasteiger partial charge is 0.340 e. The molecule has 0 radical (unpaired) electrons. The fourth-order valence-electron chi connectivity index (χ4n) is 3.51. The molecule has 1 aromatic rings. The van der Waals surface area contributed by atoms with Gasteiger partial charge >= 0.3 is 0 Å². The second kappa shape index (κ2) is 6.84. The van der Waals surface area contributed by atoms with Crippen LogP contribution in [-0.2, 0) is 4.79 Å². The lowest BCUT2D eigenvalue weighted by Crippen LogP contribution is -2.69. The predicted octanol–water partition coefficient (Wildman–Crippen LogP) is 4.09. The van der Waals surface area contributed by atoms with Crippen molar-refractivity contribution in [3.8, 4) is 0 Å². The third-order valence-electron chi connectivity index (χ3n) is 4.98. The molecule has 1 aromatic carbocycles. The third-order valence-corrected chi connectivity index (χ3v) is 5.72. The Labute approximate surface area is 147 Å². The van der Waals surface area contributed by atoms with Crippen LogP contribution in [-0.4, -0.2) is 47.4 Å². The number of hydrogen-bond acceptors (Lipinski definition) is 2. The van der Waals surface area contributed by atoms with E-state index in [1.165, 1.54) is 12.0 Å². The van der Waals surface area contributed by atoms with E-state index in [2.05, 4.69) is 17.9 Å². The first-order valence-electron chi connectivity index (χ1n) is 8.15. The Morgan fingerprint density at radius 2 is 1.96 bits per heavy atom. The standard InChI is InChI=1S/C18H22Cl2N2O/c1-3-18(23)21-10-14-9-15(11-21)22(14)7-6-12(2)13-4-5-16(19)17(20)8-13/h4-6,8,14-15H,3,7,9-11H2,1-2H3/b12-6+. The summed E-state index contributed by atoms with van der Waals surface area (Å²) in [6.45, 7) is 6.72. The van der Waals surface area contributed by atoms with Crippen molar-refractivity contribution in [3.63, 3.8) is 0 Å². The smallest absolute Gasteiger partial charge is 0.222 e. The number of piperidine rings is 1. The molecule has 3 saturated heterocycles. The number of piperazine rings is 1. The first-order chi connectivity index (χ1) is 11.0. The highest BCUT2D eigenvalue weighted by Crippen LogP contribution is 2.33. The van der Waals surface area contributed by atoms with Crippen LogP contribution in [0, 0.1) is 0 Å². The minimum atomic E-state index is 0.280. The summed E-state index contributed by atoms with van der Waals surface area (Å²) in [5.41, 5.74) is 2.31. The van der Waals surface area contributed by atoms with Crippen LogP contribution in [0.4, 0.5) is 0 Å². The number of carbonyl (C=O) groups is 1. The van der Waals surface area contributed by atoms with Crippen LogP contribution >= 0.6 is 23.2 Å². The molecule has 0 saturated carbocycles. The molecule has 5 heteroatoms. The molecular weight excluding hydrogens is 331 g/mol. The molecule has 2 unspecified atom stereocenters. The Balaban J connectivity index is 1.61. The average molecular weight is 353 g/mol. The lowest BCUT2D eigenvalue weighted by Gasteiger charge is -2.56. The molecule has 1 amide bonds. The molecule has 3 aliphatic heterocycles. The number of allylic oxidation sites excluding steroid dienone is 1. The van der Waals surface area contributed by atoms with Crippen LogP contribution in [0.1, 0.15) is 32.3 Å². The van der Waals surface area contributed by atoms with Crippen molar-refractivity contribution in [3.05, 3.63) is 39.9 Å². The molecule has 124 valence electrons. The van der Waals surface area contributed by atoms with Crippen LogP contribution in [0.5, 0.6) is 0 Å². The van der Waals surface area contributed by atoms with E-state index < -0.39 is 0 Å². The maximum absolute atomic E-state index is 11.8. The lowest BCUT2D eigenvalue weighted by molar-refractivity contribution is -0.142. The third kappa shape index (κ3) is 3.42. The van der Waals surface area contributed by atoms with Crippen molar-refractivity contribution in [1.82, 2.24) is 9.80 Å². The van der Waals surface area contributed by atoms with Crippen molar-refractivity contribution in [2.75, 3.05) is 19.6 Å². The number of rotatable bonds is 4. The van der Waals surface area contributed by atoms with Crippen LogP contribution in [0.15, 0.2) is 24.3 Å². The molecule has 0 spiro atoms. The van der Waals surface area contributed by atoms with Gasteiger partial charge in [0.15, 0.2) is 0 Å². The normalized spacial score (nSPS) is 24.5. The summed E-state index contributed by atoms with van der Waals surface area (Å²) in [6.07, 6.45) is 4.07. The first kappa shape index (κ1) is 16.8. The number of benzene rings is 1. The monoisotopic (exact) mass is 352 g/mol. The summed E-state index contributed by atoms with van der Waals surface area (Å²) in [4.78, 5) is 16.3. The van der Waals surface area contributed by atoms with Crippen molar-refractivity contribution in [2.24, 2.45) is 0 Å². The van der Waals surface area contributed by atoms with Gasteiger partial charge < -0.3 is 4.90 Å². The van der Waals surface area contributed by atoms with Gasteiger partial charge in [-0.15, -0.1) is 0 Å². The van der Waals surface area contributed by atoms with Gasteiger partial charge in [-0.2, -0.15) is 0 Å². The molecule has 3 fully saturated rings. The molecule has 3 heterocycles. The van der Waals surface area contributed by atoms with Gasteiger partial charge in [-0.25, -0.2) is 0 Å². The maximum Gasteiger partial charge on any atom is 0.222 e. The topological polar surface area (TPSA) is 23.6 Å². The van der Waals surface area contributed by atoms with E-state index in [-0.39, 0.29) is 5.91 Å². The van der Waals surface area contributed by atoms with Gasteiger partial charge in [0.2, 0.25) is 5.91 Å². The lowest BCUT2D eigenvalue weighted by atomic mass is 9.87. The van der Waals surface area contributed by atoms with Gasteiger partial charge in [-0.3, -0.25) is 9.69 Å². The van der Waals surface area contributed by atoms with Crippen molar-refractivity contribution in [2.45, 2.75) is 38.8 Å². The zero-order valence-corrected chi connectivity index (χ0v) is 15.1. The van der Waals surface area contributed by atoms with E-state index in [1.54, 1.807) is 0 Å². The quantitative estimate of drug-likeness (QED) is 0.814. The Morgan fingerprint density at radius 1 is 1.26 bits per heavy atom. The number of amides is 1. The van der Waals surface area contributed by atoms with Gasteiger partial charge in [0.1, 0.15) is 0 Å². The Morgan fingerprint density at radius 3 is 2.57 bits per heavy atom. The highest BCUT2D eigenvalue weighted by Gasteiger charge is 2.44. The molecule has 23 heavy (non-hydrogen) atoms. The fraction of sp³-hybridized carbons (Fsp3) is 0.500. The van der Waals surface area contributed by atoms with Crippen LogP contribution in [0.2, 0.25) is 10.0 Å². The number of hydrogen-bond donors (Lipinski definition) is 0. The molecule has 0 aromatic heterocycles.